The van der Waals surface area contributed by atoms with E-state index in [2.05, 4.69) is 15.4 Å². The molecule has 0 bridgehead atoms. The van der Waals surface area contributed by atoms with Crippen molar-refractivity contribution in [3.8, 4) is 11.6 Å². The average molecular weight is 294 g/mol. The Balaban J connectivity index is 1.67. The van der Waals surface area contributed by atoms with Crippen molar-refractivity contribution in [3.63, 3.8) is 0 Å². The first-order valence-corrected chi connectivity index (χ1v) is 6.75. The average Bonchev–Trinajstić information content (AvgIpc) is 3.09. The molecule has 0 aliphatic rings. The lowest BCUT2D eigenvalue weighted by Gasteiger charge is -2.10. The standard InChI is InChI=1S/C16H14N4O2/c21-15(12-22-13-6-2-1-3-7-13)19-14-8-4-9-17-16(14)20-11-5-10-18-20/h1-11H,12H2,(H,19,21). The highest BCUT2D eigenvalue weighted by Crippen LogP contribution is 2.16. The van der Waals surface area contributed by atoms with Gasteiger partial charge >= 0.3 is 0 Å². The normalized spacial score (nSPS) is 10.2. The second kappa shape index (κ2) is 6.53. The SMILES string of the molecule is O=C(COc1ccccc1)Nc1cccnc1-n1cccn1. The number of carbonyl (C=O) groups is 1. The first-order valence-electron chi connectivity index (χ1n) is 6.75. The van der Waals surface area contributed by atoms with Crippen molar-refractivity contribution in [3.05, 3.63) is 67.1 Å². The van der Waals surface area contributed by atoms with E-state index in [0.717, 1.165) is 0 Å². The lowest BCUT2D eigenvalue weighted by molar-refractivity contribution is -0.118. The van der Waals surface area contributed by atoms with E-state index >= 15 is 0 Å². The van der Waals surface area contributed by atoms with Crippen LogP contribution in [0.4, 0.5) is 5.69 Å². The van der Waals surface area contributed by atoms with Crippen molar-refractivity contribution in [2.75, 3.05) is 11.9 Å². The van der Waals surface area contributed by atoms with Gasteiger partial charge in [-0.15, -0.1) is 0 Å². The van der Waals surface area contributed by atoms with Gasteiger partial charge in [-0.3, -0.25) is 4.79 Å². The number of pyridine rings is 1. The van der Waals surface area contributed by atoms with Gasteiger partial charge in [-0.1, -0.05) is 18.2 Å². The number of hydrogen-bond donors (Lipinski definition) is 1. The number of aromatic nitrogens is 3. The van der Waals surface area contributed by atoms with Crippen LogP contribution in [0.3, 0.4) is 0 Å². The zero-order valence-electron chi connectivity index (χ0n) is 11.7. The third-order valence-corrected chi connectivity index (χ3v) is 2.90. The number of hydrogen-bond acceptors (Lipinski definition) is 4. The summed E-state index contributed by atoms with van der Waals surface area (Å²) in [4.78, 5) is 16.3. The molecule has 3 rings (SSSR count). The number of carbonyl (C=O) groups excluding carboxylic acids is 1. The fourth-order valence-electron chi connectivity index (χ4n) is 1.92. The maximum absolute atomic E-state index is 12.0. The Hall–Kier alpha value is -3.15. The van der Waals surface area contributed by atoms with E-state index in [-0.39, 0.29) is 12.5 Å². The molecule has 2 aromatic heterocycles. The lowest BCUT2D eigenvalue weighted by atomic mass is 10.3. The Morgan fingerprint density at radius 1 is 1.09 bits per heavy atom. The van der Waals surface area contributed by atoms with Gasteiger partial charge in [0.25, 0.3) is 5.91 Å². The minimum Gasteiger partial charge on any atom is -0.484 e. The third-order valence-electron chi connectivity index (χ3n) is 2.90. The van der Waals surface area contributed by atoms with Gasteiger partial charge < -0.3 is 10.1 Å². The van der Waals surface area contributed by atoms with Crippen LogP contribution in [0.1, 0.15) is 0 Å². The Kier molecular flexibility index (Phi) is 4.10. The molecule has 0 atom stereocenters. The molecule has 2 heterocycles. The molecule has 0 saturated heterocycles. The molecule has 0 spiro atoms. The van der Waals surface area contributed by atoms with Gasteiger partial charge in [0.15, 0.2) is 12.4 Å². The van der Waals surface area contributed by atoms with Gasteiger partial charge in [0.1, 0.15) is 5.75 Å². The van der Waals surface area contributed by atoms with Crippen molar-refractivity contribution in [2.24, 2.45) is 0 Å². The molecule has 1 amide bonds. The monoisotopic (exact) mass is 294 g/mol. The number of amides is 1. The van der Waals surface area contributed by atoms with Crippen molar-refractivity contribution < 1.29 is 9.53 Å². The quantitative estimate of drug-likeness (QED) is 0.784. The fraction of sp³-hybridized carbons (Fsp3) is 0.0625. The van der Waals surface area contributed by atoms with E-state index in [1.165, 1.54) is 0 Å². The summed E-state index contributed by atoms with van der Waals surface area (Å²) in [5, 5.41) is 6.90. The fourth-order valence-corrected chi connectivity index (χ4v) is 1.92. The lowest BCUT2D eigenvalue weighted by Crippen LogP contribution is -2.21. The minimum absolute atomic E-state index is 0.0720. The molecule has 0 saturated carbocycles. The van der Waals surface area contributed by atoms with Crippen LogP contribution in [0.25, 0.3) is 5.82 Å². The molecular weight excluding hydrogens is 280 g/mol. The Morgan fingerprint density at radius 2 is 1.95 bits per heavy atom. The Morgan fingerprint density at radius 3 is 2.73 bits per heavy atom. The molecule has 1 aromatic carbocycles. The maximum atomic E-state index is 12.0. The minimum atomic E-state index is -0.259. The number of nitrogens with one attached hydrogen (secondary N) is 1. The first kappa shape index (κ1) is 13.8. The van der Waals surface area contributed by atoms with Gasteiger partial charge in [-0.05, 0) is 30.3 Å². The van der Waals surface area contributed by atoms with Crippen LogP contribution >= 0.6 is 0 Å². The summed E-state index contributed by atoms with van der Waals surface area (Å²) in [5.74, 6) is 0.946. The van der Waals surface area contributed by atoms with Crippen LogP contribution in [0, 0.1) is 0 Å². The summed E-state index contributed by atoms with van der Waals surface area (Å²) in [5.41, 5.74) is 0.577. The molecule has 3 aromatic rings. The second-order valence-corrected chi connectivity index (χ2v) is 4.48. The van der Waals surface area contributed by atoms with Gasteiger partial charge in [0.05, 0.1) is 5.69 Å². The van der Waals surface area contributed by atoms with Crippen molar-refractivity contribution in [1.29, 1.82) is 0 Å². The highest BCUT2D eigenvalue weighted by Gasteiger charge is 2.10. The third kappa shape index (κ3) is 3.29. The van der Waals surface area contributed by atoms with Gasteiger partial charge in [-0.2, -0.15) is 5.10 Å². The highest BCUT2D eigenvalue weighted by molar-refractivity contribution is 5.93. The molecule has 1 N–H and O–H groups in total. The predicted molar refractivity (Wildman–Crippen MR) is 81.9 cm³/mol. The molecule has 6 heteroatoms. The molecule has 0 radical (unpaired) electrons. The molecule has 0 aliphatic heterocycles. The van der Waals surface area contributed by atoms with E-state index in [9.17, 15) is 4.79 Å². The van der Waals surface area contributed by atoms with Crippen LogP contribution in [-0.2, 0) is 4.79 Å². The smallest absolute Gasteiger partial charge is 0.262 e. The second-order valence-electron chi connectivity index (χ2n) is 4.48. The molecule has 0 unspecified atom stereocenters. The van der Waals surface area contributed by atoms with Gasteiger partial charge in [-0.25, -0.2) is 9.67 Å². The van der Waals surface area contributed by atoms with E-state index in [1.54, 1.807) is 53.6 Å². The summed E-state index contributed by atoms with van der Waals surface area (Å²) in [6.07, 6.45) is 5.06. The molecular formula is C16H14N4O2. The van der Waals surface area contributed by atoms with Crippen LogP contribution in [0.5, 0.6) is 5.75 Å². The van der Waals surface area contributed by atoms with Crippen LogP contribution in [-0.4, -0.2) is 27.3 Å². The largest absolute Gasteiger partial charge is 0.484 e. The van der Waals surface area contributed by atoms with E-state index in [0.29, 0.717) is 17.3 Å². The van der Waals surface area contributed by atoms with Crippen molar-refractivity contribution in [1.82, 2.24) is 14.8 Å². The molecule has 0 fully saturated rings. The molecule has 110 valence electrons. The zero-order valence-corrected chi connectivity index (χ0v) is 11.7. The predicted octanol–water partition coefficient (Wildman–Crippen LogP) is 2.28. The number of para-hydroxylation sites is 1. The number of benzene rings is 1. The Labute approximate surface area is 127 Å². The number of nitrogens with zero attached hydrogens (tertiary/aromatic N) is 3. The molecule has 6 nitrogen and oxygen atoms in total. The van der Waals surface area contributed by atoms with Gasteiger partial charge in [0, 0.05) is 18.6 Å². The summed E-state index contributed by atoms with van der Waals surface area (Å²) in [6, 6.07) is 14.5. The van der Waals surface area contributed by atoms with Crippen LogP contribution < -0.4 is 10.1 Å². The molecule has 22 heavy (non-hydrogen) atoms. The van der Waals surface area contributed by atoms with E-state index < -0.39 is 0 Å². The summed E-state index contributed by atoms with van der Waals surface area (Å²) >= 11 is 0. The Bertz CT molecular complexity index is 742. The number of rotatable bonds is 5. The van der Waals surface area contributed by atoms with E-state index in [1.807, 2.05) is 18.2 Å². The zero-order chi connectivity index (χ0) is 15.2. The van der Waals surface area contributed by atoms with Gasteiger partial charge in [0.2, 0.25) is 0 Å². The number of anilines is 1. The summed E-state index contributed by atoms with van der Waals surface area (Å²) in [6.45, 7) is -0.0720. The van der Waals surface area contributed by atoms with Crippen molar-refractivity contribution >= 4 is 11.6 Å². The highest BCUT2D eigenvalue weighted by atomic mass is 16.5. The summed E-state index contributed by atoms with van der Waals surface area (Å²) in [7, 11) is 0. The van der Waals surface area contributed by atoms with Crippen LogP contribution in [0.2, 0.25) is 0 Å². The molecule has 0 aliphatic carbocycles. The topological polar surface area (TPSA) is 69.0 Å². The first-order chi connectivity index (χ1) is 10.8. The maximum Gasteiger partial charge on any atom is 0.262 e. The van der Waals surface area contributed by atoms with E-state index in [4.69, 9.17) is 4.74 Å². The summed E-state index contributed by atoms with van der Waals surface area (Å²) < 4.78 is 7.01. The van der Waals surface area contributed by atoms with Crippen molar-refractivity contribution in [2.45, 2.75) is 0 Å². The van der Waals surface area contributed by atoms with Crippen LogP contribution in [0.15, 0.2) is 67.1 Å². The number of ether oxygens (including phenoxy) is 1.